The minimum atomic E-state index is -2.86. The van der Waals surface area contributed by atoms with E-state index < -0.39 is 23.1 Å². The summed E-state index contributed by atoms with van der Waals surface area (Å²) in [5.41, 5.74) is 2.24. The number of carboxylic acid groups (broad SMARTS) is 1. The molecule has 1 aliphatic carbocycles. The fourth-order valence-electron chi connectivity index (χ4n) is 5.11. The molecule has 180 valence electrons. The van der Waals surface area contributed by atoms with E-state index in [4.69, 9.17) is 4.74 Å². The molecular weight excluding hydrogens is 459 g/mol. The maximum atomic E-state index is 14.3. The van der Waals surface area contributed by atoms with E-state index in [1.54, 1.807) is 6.07 Å². The highest BCUT2D eigenvalue weighted by Gasteiger charge is 2.45. The Kier molecular flexibility index (Phi) is 6.18. The van der Waals surface area contributed by atoms with Gasteiger partial charge in [-0.3, -0.25) is 13.4 Å². The number of nitrogens with zero attached hydrogens (tertiary/aromatic N) is 2. The smallest absolute Gasteiger partial charge is 0.341 e. The van der Waals surface area contributed by atoms with Gasteiger partial charge in [0, 0.05) is 18.0 Å². The van der Waals surface area contributed by atoms with E-state index in [9.17, 15) is 23.1 Å². The molecule has 9 heteroatoms. The quantitative estimate of drug-likeness (QED) is 0.608. The van der Waals surface area contributed by atoms with Crippen molar-refractivity contribution in [3.05, 3.63) is 58.4 Å². The van der Waals surface area contributed by atoms with Crippen molar-refractivity contribution in [2.45, 2.75) is 32.1 Å². The number of carbonyl (C=O) groups is 1. The molecule has 0 aromatic heterocycles. The number of rotatable bonds is 6. The van der Waals surface area contributed by atoms with E-state index in [1.165, 1.54) is 24.3 Å². The summed E-state index contributed by atoms with van der Waals surface area (Å²) in [6, 6.07) is 7.11. The van der Waals surface area contributed by atoms with Crippen LogP contribution in [-0.2, 0) is 11.3 Å². The molecule has 3 atom stereocenters. The predicted molar refractivity (Wildman–Crippen MR) is 127 cm³/mol. The first kappa shape index (κ1) is 23.0. The zero-order valence-corrected chi connectivity index (χ0v) is 19.6. The first-order chi connectivity index (χ1) is 16.4. The van der Waals surface area contributed by atoms with Crippen LogP contribution in [0.5, 0.6) is 5.75 Å². The van der Waals surface area contributed by atoms with Gasteiger partial charge in [0.05, 0.1) is 29.2 Å². The summed E-state index contributed by atoms with van der Waals surface area (Å²) in [5.74, 6) is -0.900. The SMILES string of the molecule is CCN1CCCC(=Cc2cc(F)ccc2N(c2ccc3c(c2C(=O)O)OC[C@@H]2C[C@H]32)S(=O)[O-])C1. The first-order valence-electron chi connectivity index (χ1n) is 11.5. The second kappa shape index (κ2) is 9.13. The molecule has 0 radical (unpaired) electrons. The Hall–Kier alpha value is -2.75. The van der Waals surface area contributed by atoms with Gasteiger partial charge >= 0.3 is 5.97 Å². The average molecular weight is 486 g/mol. The molecule has 2 aliphatic heterocycles. The largest absolute Gasteiger partial charge is 0.755 e. The summed E-state index contributed by atoms with van der Waals surface area (Å²) in [4.78, 5) is 14.6. The zero-order valence-electron chi connectivity index (χ0n) is 18.8. The van der Waals surface area contributed by atoms with Crippen LogP contribution in [0.3, 0.4) is 0 Å². The van der Waals surface area contributed by atoms with E-state index in [-0.39, 0.29) is 28.6 Å². The van der Waals surface area contributed by atoms with E-state index in [2.05, 4.69) is 11.8 Å². The Morgan fingerprint density at radius 1 is 1.35 bits per heavy atom. The van der Waals surface area contributed by atoms with Crippen molar-refractivity contribution in [3.8, 4) is 5.75 Å². The highest BCUT2D eigenvalue weighted by Crippen LogP contribution is 2.56. The Balaban J connectivity index is 1.63. The van der Waals surface area contributed by atoms with Gasteiger partial charge in [-0.2, -0.15) is 0 Å². The molecule has 0 spiro atoms. The number of ether oxygens (including phenoxy) is 1. The fourth-order valence-corrected chi connectivity index (χ4v) is 5.75. The molecule has 2 aromatic carbocycles. The van der Waals surface area contributed by atoms with Gasteiger partial charge in [-0.1, -0.05) is 24.6 Å². The van der Waals surface area contributed by atoms with Crippen molar-refractivity contribution in [1.82, 2.24) is 4.90 Å². The molecule has 0 bridgehead atoms. The molecule has 1 N–H and O–H groups in total. The van der Waals surface area contributed by atoms with Crippen LogP contribution >= 0.6 is 0 Å². The van der Waals surface area contributed by atoms with Crippen LogP contribution in [0, 0.1) is 11.7 Å². The van der Waals surface area contributed by atoms with E-state index >= 15 is 0 Å². The van der Waals surface area contributed by atoms with Gasteiger partial charge < -0.3 is 14.4 Å². The van der Waals surface area contributed by atoms with Gasteiger partial charge in [0.1, 0.15) is 17.1 Å². The lowest BCUT2D eigenvalue weighted by molar-refractivity contribution is 0.0692. The summed E-state index contributed by atoms with van der Waals surface area (Å²) in [5, 5.41) is 10.0. The van der Waals surface area contributed by atoms with E-state index in [0.29, 0.717) is 18.1 Å². The topological polar surface area (TPSA) is 93.1 Å². The molecule has 0 amide bonds. The number of halogens is 1. The maximum Gasteiger partial charge on any atom is 0.341 e. The number of fused-ring (bicyclic) bond motifs is 3. The van der Waals surface area contributed by atoms with Crippen LogP contribution < -0.4 is 9.04 Å². The molecule has 2 fully saturated rings. The molecule has 2 aromatic rings. The number of aromatic carboxylic acids is 1. The van der Waals surface area contributed by atoms with Crippen LogP contribution in [0.15, 0.2) is 35.9 Å². The molecule has 1 saturated heterocycles. The number of benzene rings is 2. The molecule has 34 heavy (non-hydrogen) atoms. The molecule has 2 heterocycles. The molecule has 3 aliphatic rings. The summed E-state index contributed by atoms with van der Waals surface area (Å²) in [6.07, 6.45) is 4.56. The number of anilines is 2. The van der Waals surface area contributed by atoms with Crippen LogP contribution in [0.2, 0.25) is 0 Å². The van der Waals surface area contributed by atoms with Gasteiger partial charge in [0.25, 0.3) is 0 Å². The second-order valence-electron chi connectivity index (χ2n) is 9.09. The van der Waals surface area contributed by atoms with Crippen molar-refractivity contribution in [2.75, 3.05) is 30.5 Å². The molecule has 5 rings (SSSR count). The third-order valence-corrected chi connectivity index (χ3v) is 7.62. The number of hydrogen-bond acceptors (Lipinski definition) is 5. The highest BCUT2D eigenvalue weighted by molar-refractivity contribution is 7.81. The summed E-state index contributed by atoms with van der Waals surface area (Å²) in [6.45, 7) is 5.10. The summed E-state index contributed by atoms with van der Waals surface area (Å²) in [7, 11) is 0. The lowest BCUT2D eigenvalue weighted by Crippen LogP contribution is -2.30. The van der Waals surface area contributed by atoms with E-state index in [1.807, 2.05) is 6.08 Å². The third kappa shape index (κ3) is 4.23. The number of hydrogen-bond donors (Lipinski definition) is 1. The number of likely N-dealkylation sites (N-methyl/N-ethyl adjacent to an activating group) is 1. The van der Waals surface area contributed by atoms with Crippen molar-refractivity contribution in [2.24, 2.45) is 5.92 Å². The molecular formula is C25H26FN2O5S-. The molecule has 7 nitrogen and oxygen atoms in total. The number of piperidine rings is 1. The molecule has 1 unspecified atom stereocenters. The predicted octanol–water partition coefficient (Wildman–Crippen LogP) is 4.45. The van der Waals surface area contributed by atoms with Gasteiger partial charge in [-0.25, -0.2) is 9.18 Å². The lowest BCUT2D eigenvalue weighted by Gasteiger charge is -2.31. The Bertz CT molecular complexity index is 1200. The Morgan fingerprint density at radius 2 is 2.15 bits per heavy atom. The minimum Gasteiger partial charge on any atom is -0.755 e. The van der Waals surface area contributed by atoms with Crippen molar-refractivity contribution in [1.29, 1.82) is 0 Å². The standard InChI is InChI=1S/C25H27FN2O5S/c1-2-27-9-3-4-15(13-27)10-16-11-18(26)5-7-21(16)28(34(31)32)22-8-6-19-20-12-17(20)14-33-24(19)23(22)25(29)30/h5-8,10-11,17,20H,2-4,9,12-14H2,1H3,(H,29,30)(H,31,32)/p-1/t17-,20-/m0/s1. The van der Waals surface area contributed by atoms with Gasteiger partial charge in [0.2, 0.25) is 0 Å². The summed E-state index contributed by atoms with van der Waals surface area (Å²) >= 11 is -2.86. The van der Waals surface area contributed by atoms with Crippen LogP contribution in [0.4, 0.5) is 15.8 Å². The highest BCUT2D eigenvalue weighted by atomic mass is 32.2. The third-order valence-electron chi connectivity index (χ3n) is 6.93. The zero-order chi connectivity index (χ0) is 24.0. The normalized spacial score (nSPS) is 23.6. The maximum absolute atomic E-state index is 14.3. The Labute approximate surface area is 200 Å². The number of carboxylic acids is 1. The first-order valence-corrected chi connectivity index (χ1v) is 12.5. The number of likely N-dealkylation sites (tertiary alicyclic amines) is 1. The van der Waals surface area contributed by atoms with Crippen LogP contribution in [-0.4, -0.2) is 51.0 Å². The van der Waals surface area contributed by atoms with E-state index in [0.717, 1.165) is 54.3 Å². The van der Waals surface area contributed by atoms with Crippen LogP contribution in [0.25, 0.3) is 6.08 Å². The van der Waals surface area contributed by atoms with Crippen LogP contribution in [0.1, 0.15) is 53.6 Å². The van der Waals surface area contributed by atoms with Crippen molar-refractivity contribution >= 4 is 34.7 Å². The van der Waals surface area contributed by atoms with Gasteiger partial charge in [-0.05, 0) is 68.1 Å². The monoisotopic (exact) mass is 485 g/mol. The second-order valence-corrected chi connectivity index (χ2v) is 9.89. The molecule has 1 saturated carbocycles. The van der Waals surface area contributed by atoms with Crippen molar-refractivity contribution < 1.29 is 27.8 Å². The average Bonchev–Trinajstić information content (AvgIpc) is 3.60. The van der Waals surface area contributed by atoms with Gasteiger partial charge in [0.15, 0.2) is 0 Å². The van der Waals surface area contributed by atoms with Gasteiger partial charge in [-0.15, -0.1) is 0 Å². The lowest BCUT2D eigenvalue weighted by atomic mass is 9.99. The Morgan fingerprint density at radius 3 is 2.88 bits per heavy atom. The fraction of sp³-hybridized carbons (Fsp3) is 0.400. The summed E-state index contributed by atoms with van der Waals surface area (Å²) < 4.78 is 46.0. The van der Waals surface area contributed by atoms with Crippen molar-refractivity contribution in [3.63, 3.8) is 0 Å². The minimum absolute atomic E-state index is 0.0243.